The number of amides is 1. The van der Waals surface area contributed by atoms with E-state index in [1.807, 2.05) is 0 Å². The third-order valence-electron chi connectivity index (χ3n) is 4.03. The van der Waals surface area contributed by atoms with Crippen molar-refractivity contribution >= 4 is 16.9 Å². The van der Waals surface area contributed by atoms with Gasteiger partial charge >= 0.3 is 5.69 Å². The minimum Gasteiger partial charge on any atom is -0.463 e. The third kappa shape index (κ3) is 2.85. The lowest BCUT2D eigenvalue weighted by atomic mass is 10.0. The standard InChI is InChI=1S/C17H19N3O4/c1-10-4-7-14(24-10)17(2,23)9-18-15(21)11-5-6-13-12(8-11)19-16(22)20(13)3/h4-8,23H,9H2,1-3H3,(H,18,21)(H,19,22). The Kier molecular flexibility index (Phi) is 3.81. The van der Waals surface area contributed by atoms with Crippen LogP contribution in [0.3, 0.4) is 0 Å². The summed E-state index contributed by atoms with van der Waals surface area (Å²) in [7, 11) is 1.66. The van der Waals surface area contributed by atoms with Crippen LogP contribution in [0.4, 0.5) is 0 Å². The first-order valence-corrected chi connectivity index (χ1v) is 7.54. The molecule has 2 aromatic heterocycles. The van der Waals surface area contributed by atoms with Crippen LogP contribution in [0.5, 0.6) is 0 Å². The number of furan rings is 1. The predicted octanol–water partition coefficient (Wildman–Crippen LogP) is 1.41. The lowest BCUT2D eigenvalue weighted by Gasteiger charge is -2.21. The first-order valence-electron chi connectivity index (χ1n) is 7.54. The summed E-state index contributed by atoms with van der Waals surface area (Å²) >= 11 is 0. The Hall–Kier alpha value is -2.80. The number of aromatic amines is 1. The van der Waals surface area contributed by atoms with E-state index in [0.717, 1.165) is 5.52 Å². The molecule has 126 valence electrons. The van der Waals surface area contributed by atoms with Crippen LogP contribution in [-0.4, -0.2) is 27.1 Å². The van der Waals surface area contributed by atoms with E-state index in [2.05, 4.69) is 10.3 Å². The van der Waals surface area contributed by atoms with E-state index < -0.39 is 5.60 Å². The van der Waals surface area contributed by atoms with E-state index in [-0.39, 0.29) is 18.1 Å². The minimum atomic E-state index is -1.31. The third-order valence-corrected chi connectivity index (χ3v) is 4.03. The largest absolute Gasteiger partial charge is 0.463 e. The van der Waals surface area contributed by atoms with Crippen LogP contribution in [0.15, 0.2) is 39.5 Å². The number of nitrogens with zero attached hydrogens (tertiary/aromatic N) is 1. The van der Waals surface area contributed by atoms with Gasteiger partial charge in [-0.05, 0) is 44.2 Å². The SMILES string of the molecule is Cc1ccc(C(C)(O)CNC(=O)c2ccc3c(c2)[nH]c(=O)n3C)o1. The van der Waals surface area contributed by atoms with Crippen LogP contribution in [0, 0.1) is 6.92 Å². The molecule has 0 spiro atoms. The number of fused-ring (bicyclic) bond motifs is 1. The number of nitrogens with one attached hydrogen (secondary N) is 2. The molecule has 3 rings (SSSR count). The monoisotopic (exact) mass is 329 g/mol. The molecule has 0 saturated heterocycles. The molecule has 7 heteroatoms. The summed E-state index contributed by atoms with van der Waals surface area (Å²) in [5.74, 6) is 0.739. The molecule has 2 heterocycles. The molecule has 24 heavy (non-hydrogen) atoms. The summed E-state index contributed by atoms with van der Waals surface area (Å²) < 4.78 is 6.89. The molecule has 1 atom stereocenters. The van der Waals surface area contributed by atoms with Crippen molar-refractivity contribution in [2.24, 2.45) is 7.05 Å². The topological polar surface area (TPSA) is 100 Å². The van der Waals surface area contributed by atoms with Gasteiger partial charge in [0.2, 0.25) is 0 Å². The molecule has 3 N–H and O–H groups in total. The molecule has 1 aromatic carbocycles. The maximum atomic E-state index is 12.3. The zero-order chi connectivity index (χ0) is 17.5. The summed E-state index contributed by atoms with van der Waals surface area (Å²) in [6, 6.07) is 8.39. The van der Waals surface area contributed by atoms with Gasteiger partial charge in [0, 0.05) is 12.6 Å². The molecule has 1 unspecified atom stereocenters. The van der Waals surface area contributed by atoms with Crippen LogP contribution in [-0.2, 0) is 12.6 Å². The number of H-pyrrole nitrogens is 1. The average molecular weight is 329 g/mol. The number of imidazole rings is 1. The summed E-state index contributed by atoms with van der Waals surface area (Å²) in [5.41, 5.74) is 0.155. The Morgan fingerprint density at radius 1 is 1.38 bits per heavy atom. The molecule has 0 aliphatic heterocycles. The molecule has 0 radical (unpaired) electrons. The first kappa shape index (κ1) is 16.1. The number of hydrogen-bond acceptors (Lipinski definition) is 4. The normalized spacial score (nSPS) is 13.8. The maximum absolute atomic E-state index is 12.3. The van der Waals surface area contributed by atoms with Crippen LogP contribution >= 0.6 is 0 Å². The second-order valence-corrected chi connectivity index (χ2v) is 6.09. The van der Waals surface area contributed by atoms with Crippen molar-refractivity contribution in [1.29, 1.82) is 0 Å². The molecule has 0 fully saturated rings. The highest BCUT2D eigenvalue weighted by atomic mass is 16.4. The molecule has 0 bridgehead atoms. The van der Waals surface area contributed by atoms with Crippen LogP contribution in [0.1, 0.15) is 28.8 Å². The fourth-order valence-corrected chi connectivity index (χ4v) is 2.54. The highest BCUT2D eigenvalue weighted by molar-refractivity contribution is 5.97. The van der Waals surface area contributed by atoms with Crippen molar-refractivity contribution in [3.05, 3.63) is 57.9 Å². The van der Waals surface area contributed by atoms with Gasteiger partial charge in [0.15, 0.2) is 0 Å². The van der Waals surface area contributed by atoms with E-state index in [4.69, 9.17) is 4.42 Å². The maximum Gasteiger partial charge on any atom is 0.326 e. The van der Waals surface area contributed by atoms with Crippen molar-refractivity contribution in [3.8, 4) is 0 Å². The van der Waals surface area contributed by atoms with Gasteiger partial charge in [-0.3, -0.25) is 9.36 Å². The average Bonchev–Trinajstić information content (AvgIpc) is 3.10. The van der Waals surface area contributed by atoms with Gasteiger partial charge in [0.25, 0.3) is 5.91 Å². The fraction of sp³-hybridized carbons (Fsp3) is 0.294. The summed E-state index contributed by atoms with van der Waals surface area (Å²) in [6.45, 7) is 3.36. The number of carbonyl (C=O) groups excluding carboxylic acids is 1. The minimum absolute atomic E-state index is 0.00212. The van der Waals surface area contributed by atoms with Crippen molar-refractivity contribution in [2.45, 2.75) is 19.4 Å². The second kappa shape index (κ2) is 5.68. The van der Waals surface area contributed by atoms with Gasteiger partial charge in [-0.25, -0.2) is 4.79 Å². The van der Waals surface area contributed by atoms with E-state index in [9.17, 15) is 14.7 Å². The van der Waals surface area contributed by atoms with Gasteiger partial charge in [-0.1, -0.05) is 0 Å². The molecule has 0 saturated carbocycles. The Morgan fingerprint density at radius 2 is 2.12 bits per heavy atom. The quantitative estimate of drug-likeness (QED) is 0.673. The Bertz CT molecular complexity index is 962. The summed E-state index contributed by atoms with van der Waals surface area (Å²) in [5, 5.41) is 13.1. The Morgan fingerprint density at radius 3 is 2.79 bits per heavy atom. The van der Waals surface area contributed by atoms with Crippen LogP contribution in [0.2, 0.25) is 0 Å². The summed E-state index contributed by atoms with van der Waals surface area (Å²) in [4.78, 5) is 26.6. The fourth-order valence-electron chi connectivity index (χ4n) is 2.54. The van der Waals surface area contributed by atoms with Gasteiger partial charge in [0.05, 0.1) is 17.6 Å². The van der Waals surface area contributed by atoms with E-state index in [1.165, 1.54) is 4.57 Å². The Labute approximate surface area is 137 Å². The first-order chi connectivity index (χ1) is 11.3. The number of aromatic nitrogens is 2. The molecule has 3 aromatic rings. The molecular formula is C17H19N3O4. The zero-order valence-electron chi connectivity index (χ0n) is 13.7. The number of hydrogen-bond donors (Lipinski definition) is 3. The highest BCUT2D eigenvalue weighted by Crippen LogP contribution is 2.22. The van der Waals surface area contributed by atoms with Gasteiger partial charge < -0.3 is 19.8 Å². The number of benzene rings is 1. The van der Waals surface area contributed by atoms with E-state index in [1.54, 1.807) is 51.2 Å². The molecule has 7 nitrogen and oxygen atoms in total. The lowest BCUT2D eigenvalue weighted by Crippen LogP contribution is -2.38. The second-order valence-electron chi connectivity index (χ2n) is 6.09. The van der Waals surface area contributed by atoms with E-state index in [0.29, 0.717) is 22.6 Å². The zero-order valence-corrected chi connectivity index (χ0v) is 13.7. The van der Waals surface area contributed by atoms with Gasteiger partial charge in [-0.15, -0.1) is 0 Å². The number of aryl methyl sites for hydroxylation is 2. The number of aliphatic hydroxyl groups is 1. The smallest absolute Gasteiger partial charge is 0.326 e. The van der Waals surface area contributed by atoms with Crippen molar-refractivity contribution in [3.63, 3.8) is 0 Å². The molecule has 1 amide bonds. The van der Waals surface area contributed by atoms with Crippen LogP contribution in [0.25, 0.3) is 11.0 Å². The Balaban J connectivity index is 1.76. The molecule has 0 aliphatic rings. The number of rotatable bonds is 4. The number of carbonyl (C=O) groups is 1. The van der Waals surface area contributed by atoms with Gasteiger partial charge in [-0.2, -0.15) is 0 Å². The van der Waals surface area contributed by atoms with Gasteiger partial charge in [0.1, 0.15) is 17.1 Å². The molecule has 0 aliphatic carbocycles. The van der Waals surface area contributed by atoms with Crippen molar-refractivity contribution in [2.75, 3.05) is 6.54 Å². The summed E-state index contributed by atoms with van der Waals surface area (Å²) in [6.07, 6.45) is 0. The lowest BCUT2D eigenvalue weighted by molar-refractivity contribution is 0.0323. The predicted molar refractivity (Wildman–Crippen MR) is 88.9 cm³/mol. The van der Waals surface area contributed by atoms with E-state index >= 15 is 0 Å². The molecular weight excluding hydrogens is 310 g/mol. The van der Waals surface area contributed by atoms with Crippen molar-refractivity contribution in [1.82, 2.24) is 14.9 Å². The van der Waals surface area contributed by atoms with Crippen molar-refractivity contribution < 1.29 is 14.3 Å². The van der Waals surface area contributed by atoms with Crippen LogP contribution < -0.4 is 11.0 Å². The highest BCUT2D eigenvalue weighted by Gasteiger charge is 2.27.